The highest BCUT2D eigenvalue weighted by Crippen LogP contribution is 2.40. The Morgan fingerprint density at radius 1 is 1.17 bits per heavy atom. The topological polar surface area (TPSA) is 122 Å². The number of aliphatic hydroxyl groups is 1. The minimum absolute atomic E-state index is 0.0897. The predicted molar refractivity (Wildman–Crippen MR) is 109 cm³/mol. The molecule has 154 valence electrons. The van der Waals surface area contributed by atoms with E-state index in [-0.39, 0.29) is 40.1 Å². The Morgan fingerprint density at radius 2 is 1.86 bits per heavy atom. The first kappa shape index (κ1) is 20.7. The molecule has 9 heteroatoms. The van der Waals surface area contributed by atoms with Crippen molar-refractivity contribution in [3.05, 3.63) is 73.3 Å². The van der Waals surface area contributed by atoms with Crippen molar-refractivity contribution in [2.45, 2.75) is 33.0 Å². The van der Waals surface area contributed by atoms with Crippen LogP contribution in [0.4, 0.5) is 17.1 Å². The molecule has 0 spiro atoms. The molecule has 1 fully saturated rings. The third-order valence-corrected chi connectivity index (χ3v) is 5.46. The van der Waals surface area contributed by atoms with Crippen LogP contribution in [-0.4, -0.2) is 39.0 Å². The van der Waals surface area contributed by atoms with Crippen molar-refractivity contribution in [1.82, 2.24) is 4.90 Å². The Morgan fingerprint density at radius 3 is 2.45 bits per heavy atom. The summed E-state index contributed by atoms with van der Waals surface area (Å²) < 4.78 is 0. The van der Waals surface area contributed by atoms with Gasteiger partial charge in [0.05, 0.1) is 16.5 Å². The standard InChI is InChI=1S/C20H24N4O5/c1-13-9-22(10-15-6-4-3-5-7-15)11-17(13)21-19-18(23(26)27)8-16(12-25)14(2)20(19)24(28)29/h3-8,13,17,21,25H,9-12H2,1-2H3. The van der Waals surface area contributed by atoms with Gasteiger partial charge in [0.1, 0.15) is 0 Å². The summed E-state index contributed by atoms with van der Waals surface area (Å²) in [6.45, 7) is 5.16. The quantitative estimate of drug-likeness (QED) is 0.540. The summed E-state index contributed by atoms with van der Waals surface area (Å²) in [5, 5.41) is 35.8. The van der Waals surface area contributed by atoms with E-state index < -0.39 is 16.5 Å². The molecule has 0 radical (unpaired) electrons. The van der Waals surface area contributed by atoms with E-state index in [4.69, 9.17) is 0 Å². The van der Waals surface area contributed by atoms with Crippen molar-refractivity contribution in [3.63, 3.8) is 0 Å². The molecular formula is C20H24N4O5. The van der Waals surface area contributed by atoms with Crippen LogP contribution in [0.3, 0.4) is 0 Å². The van der Waals surface area contributed by atoms with Crippen molar-refractivity contribution in [2.24, 2.45) is 5.92 Å². The van der Waals surface area contributed by atoms with Gasteiger partial charge in [0.15, 0.2) is 5.69 Å². The zero-order valence-electron chi connectivity index (χ0n) is 16.4. The molecule has 1 saturated heterocycles. The number of nitrogens with zero attached hydrogens (tertiary/aromatic N) is 3. The van der Waals surface area contributed by atoms with Gasteiger partial charge in [-0.25, -0.2) is 0 Å². The van der Waals surface area contributed by atoms with Crippen LogP contribution < -0.4 is 5.32 Å². The van der Waals surface area contributed by atoms with Gasteiger partial charge in [-0.2, -0.15) is 0 Å². The van der Waals surface area contributed by atoms with Crippen molar-refractivity contribution in [3.8, 4) is 0 Å². The molecule has 0 aliphatic carbocycles. The summed E-state index contributed by atoms with van der Waals surface area (Å²) in [5.41, 5.74) is 0.752. The molecule has 1 aliphatic rings. The second kappa shape index (κ2) is 8.54. The van der Waals surface area contributed by atoms with Crippen LogP contribution in [0.5, 0.6) is 0 Å². The van der Waals surface area contributed by atoms with Gasteiger partial charge >= 0.3 is 5.69 Å². The molecule has 0 bridgehead atoms. The molecule has 2 unspecified atom stereocenters. The van der Waals surface area contributed by atoms with E-state index in [0.717, 1.165) is 13.1 Å². The summed E-state index contributed by atoms with van der Waals surface area (Å²) in [5.74, 6) is 0.149. The minimum atomic E-state index is -0.644. The van der Waals surface area contributed by atoms with E-state index in [2.05, 4.69) is 10.2 Å². The average molecular weight is 400 g/mol. The first-order valence-corrected chi connectivity index (χ1v) is 9.40. The number of nitro groups is 2. The molecule has 2 aromatic carbocycles. The molecule has 2 N–H and O–H groups in total. The van der Waals surface area contributed by atoms with Gasteiger partial charge in [-0.15, -0.1) is 0 Å². The van der Waals surface area contributed by atoms with Crippen LogP contribution in [0.2, 0.25) is 0 Å². The van der Waals surface area contributed by atoms with Gasteiger partial charge in [-0.1, -0.05) is 37.3 Å². The maximum absolute atomic E-state index is 11.7. The molecule has 0 amide bonds. The lowest BCUT2D eigenvalue weighted by atomic mass is 10.0. The van der Waals surface area contributed by atoms with Crippen LogP contribution in [0.1, 0.15) is 23.6 Å². The highest BCUT2D eigenvalue weighted by molar-refractivity contribution is 5.78. The molecule has 9 nitrogen and oxygen atoms in total. The first-order valence-electron chi connectivity index (χ1n) is 9.40. The fourth-order valence-electron chi connectivity index (χ4n) is 3.90. The number of hydrogen-bond donors (Lipinski definition) is 2. The zero-order valence-corrected chi connectivity index (χ0v) is 16.4. The molecule has 0 aromatic heterocycles. The average Bonchev–Trinajstić information content (AvgIpc) is 3.01. The van der Waals surface area contributed by atoms with Crippen LogP contribution in [-0.2, 0) is 13.2 Å². The fourth-order valence-corrected chi connectivity index (χ4v) is 3.90. The van der Waals surface area contributed by atoms with Gasteiger partial charge < -0.3 is 10.4 Å². The molecule has 2 atom stereocenters. The van der Waals surface area contributed by atoms with Crippen LogP contribution in [0, 0.1) is 33.1 Å². The zero-order chi connectivity index (χ0) is 21.1. The van der Waals surface area contributed by atoms with Crippen molar-refractivity contribution >= 4 is 17.1 Å². The normalized spacial score (nSPS) is 19.3. The third kappa shape index (κ3) is 4.36. The molecule has 29 heavy (non-hydrogen) atoms. The Kier molecular flexibility index (Phi) is 6.09. The monoisotopic (exact) mass is 400 g/mol. The molecular weight excluding hydrogens is 376 g/mol. The Labute approximate surface area is 168 Å². The second-order valence-corrected chi connectivity index (χ2v) is 7.48. The van der Waals surface area contributed by atoms with E-state index in [9.17, 15) is 25.3 Å². The SMILES string of the molecule is Cc1c(CO)cc([N+](=O)[O-])c(NC2CN(Cc3ccccc3)CC2C)c1[N+](=O)[O-]. The lowest BCUT2D eigenvalue weighted by Crippen LogP contribution is -2.29. The summed E-state index contributed by atoms with van der Waals surface area (Å²) in [4.78, 5) is 24.2. The van der Waals surface area contributed by atoms with Crippen LogP contribution in [0.25, 0.3) is 0 Å². The minimum Gasteiger partial charge on any atom is -0.392 e. The van der Waals surface area contributed by atoms with E-state index in [1.807, 2.05) is 37.3 Å². The Hall–Kier alpha value is -3.04. The summed E-state index contributed by atoms with van der Waals surface area (Å²) in [6, 6.07) is 11.0. The van der Waals surface area contributed by atoms with Gasteiger partial charge in [0, 0.05) is 37.3 Å². The molecule has 1 aliphatic heterocycles. The lowest BCUT2D eigenvalue weighted by molar-refractivity contribution is -0.392. The number of anilines is 1. The number of aliphatic hydroxyl groups excluding tert-OH is 1. The molecule has 1 heterocycles. The first-order chi connectivity index (χ1) is 13.8. The largest absolute Gasteiger partial charge is 0.392 e. The van der Waals surface area contributed by atoms with Gasteiger partial charge in [0.25, 0.3) is 5.69 Å². The predicted octanol–water partition coefficient (Wildman–Crippen LogP) is 3.24. The highest BCUT2D eigenvalue weighted by Gasteiger charge is 2.36. The number of benzene rings is 2. The summed E-state index contributed by atoms with van der Waals surface area (Å²) in [7, 11) is 0. The lowest BCUT2D eigenvalue weighted by Gasteiger charge is -2.19. The number of nitrogens with one attached hydrogen (secondary N) is 1. The number of nitro benzene ring substituents is 2. The van der Waals surface area contributed by atoms with Gasteiger partial charge in [0.2, 0.25) is 0 Å². The second-order valence-electron chi connectivity index (χ2n) is 7.48. The smallest absolute Gasteiger partial charge is 0.302 e. The van der Waals surface area contributed by atoms with E-state index in [1.54, 1.807) is 0 Å². The van der Waals surface area contributed by atoms with E-state index in [1.165, 1.54) is 18.6 Å². The Bertz CT molecular complexity index is 919. The summed E-state index contributed by atoms with van der Waals surface area (Å²) in [6.07, 6.45) is 0. The van der Waals surface area contributed by atoms with Crippen LogP contribution in [0.15, 0.2) is 36.4 Å². The third-order valence-electron chi connectivity index (χ3n) is 5.46. The highest BCUT2D eigenvalue weighted by atomic mass is 16.6. The number of likely N-dealkylation sites (tertiary alicyclic amines) is 1. The van der Waals surface area contributed by atoms with Gasteiger partial charge in [-0.05, 0) is 24.0 Å². The number of hydrogen-bond acceptors (Lipinski definition) is 7. The van der Waals surface area contributed by atoms with E-state index in [0.29, 0.717) is 6.54 Å². The maximum atomic E-state index is 11.7. The number of rotatable bonds is 7. The summed E-state index contributed by atoms with van der Waals surface area (Å²) >= 11 is 0. The Balaban J connectivity index is 1.90. The van der Waals surface area contributed by atoms with Crippen LogP contribution >= 0.6 is 0 Å². The molecule has 0 saturated carbocycles. The maximum Gasteiger partial charge on any atom is 0.302 e. The van der Waals surface area contributed by atoms with Crippen molar-refractivity contribution in [2.75, 3.05) is 18.4 Å². The van der Waals surface area contributed by atoms with Crippen molar-refractivity contribution in [1.29, 1.82) is 0 Å². The molecule has 2 aromatic rings. The van der Waals surface area contributed by atoms with Gasteiger partial charge in [-0.3, -0.25) is 25.1 Å². The van der Waals surface area contributed by atoms with E-state index >= 15 is 0 Å². The fraction of sp³-hybridized carbons (Fsp3) is 0.400. The van der Waals surface area contributed by atoms with Crippen molar-refractivity contribution < 1.29 is 15.0 Å². The molecule has 3 rings (SSSR count).